The number of fused-ring (bicyclic) bond motifs is 1. The molecule has 144 valence electrons. The van der Waals surface area contributed by atoms with E-state index in [1.807, 2.05) is 54.2 Å². The van der Waals surface area contributed by atoms with Gasteiger partial charge in [-0.05, 0) is 24.1 Å². The van der Waals surface area contributed by atoms with Crippen molar-refractivity contribution < 1.29 is 13.2 Å². The Bertz CT molecular complexity index is 897. The van der Waals surface area contributed by atoms with Crippen molar-refractivity contribution in [3.05, 3.63) is 54.1 Å². The normalized spacial score (nSPS) is 22.6. The molecule has 2 aromatic rings. The van der Waals surface area contributed by atoms with Crippen LogP contribution >= 0.6 is 11.8 Å². The van der Waals surface area contributed by atoms with Gasteiger partial charge in [-0.2, -0.15) is 16.1 Å². The third-order valence-corrected chi connectivity index (χ3v) is 8.11. The lowest BCUT2D eigenvalue weighted by atomic mass is 10.1. The summed E-state index contributed by atoms with van der Waals surface area (Å²) in [6.45, 7) is 2.30. The molecule has 0 saturated carbocycles. The van der Waals surface area contributed by atoms with Crippen LogP contribution in [-0.2, 0) is 16.4 Å². The second-order valence-corrected chi connectivity index (χ2v) is 10.1. The topological polar surface area (TPSA) is 49.9 Å². The van der Waals surface area contributed by atoms with Crippen LogP contribution in [0.5, 0.6) is 5.75 Å². The van der Waals surface area contributed by atoms with E-state index in [4.69, 9.17) is 4.74 Å². The van der Waals surface area contributed by atoms with Gasteiger partial charge in [0.25, 0.3) is 0 Å². The Morgan fingerprint density at radius 2 is 1.85 bits per heavy atom. The molecule has 0 aliphatic carbocycles. The summed E-state index contributed by atoms with van der Waals surface area (Å²) in [6.07, 6.45) is 0.626. The Balaban J connectivity index is 1.62. The van der Waals surface area contributed by atoms with Gasteiger partial charge in [-0.25, -0.2) is 8.42 Å². The summed E-state index contributed by atoms with van der Waals surface area (Å²) in [4.78, 5) is 2.55. The summed E-state index contributed by atoms with van der Waals surface area (Å²) < 4.78 is 33.8. The number of sulfonamides is 1. The van der Waals surface area contributed by atoms with Crippen molar-refractivity contribution in [2.24, 2.45) is 0 Å². The number of hydrogen-bond donors (Lipinski definition) is 0. The highest BCUT2D eigenvalue weighted by Gasteiger charge is 2.34. The van der Waals surface area contributed by atoms with Crippen LogP contribution in [0, 0.1) is 0 Å². The van der Waals surface area contributed by atoms with Gasteiger partial charge in [0.05, 0.1) is 6.04 Å². The van der Waals surface area contributed by atoms with Crippen molar-refractivity contribution in [3.63, 3.8) is 0 Å². The molecule has 4 rings (SSSR count). The number of likely N-dealkylation sites (N-methyl/N-ethyl adjacent to an activating group) is 1. The number of benzene rings is 2. The molecule has 0 N–H and O–H groups in total. The number of hydrogen-bond acceptors (Lipinski definition) is 5. The molecule has 0 radical (unpaired) electrons. The van der Waals surface area contributed by atoms with Crippen LogP contribution in [0.25, 0.3) is 0 Å². The van der Waals surface area contributed by atoms with Crippen LogP contribution in [0.3, 0.4) is 0 Å². The summed E-state index contributed by atoms with van der Waals surface area (Å²) in [7, 11) is -1.94. The maximum atomic E-state index is 13.1. The van der Waals surface area contributed by atoms with Gasteiger partial charge in [-0.15, -0.1) is 0 Å². The first-order valence-corrected chi connectivity index (χ1v) is 11.8. The van der Waals surface area contributed by atoms with E-state index in [0.29, 0.717) is 18.8 Å². The molecule has 7 heteroatoms. The highest BCUT2D eigenvalue weighted by atomic mass is 32.2. The SMILES string of the molecule is CN1[C@@H](Cc2ccccc2)COc2cc(N3CCSCC3)ccc2S1(=O)=O. The number of rotatable bonds is 3. The highest BCUT2D eigenvalue weighted by molar-refractivity contribution is 7.99. The number of nitrogens with zero attached hydrogens (tertiary/aromatic N) is 2. The zero-order chi connectivity index (χ0) is 18.9. The van der Waals surface area contributed by atoms with Gasteiger partial charge < -0.3 is 9.64 Å². The van der Waals surface area contributed by atoms with Crippen molar-refractivity contribution in [1.29, 1.82) is 0 Å². The van der Waals surface area contributed by atoms with Gasteiger partial charge in [-0.1, -0.05) is 30.3 Å². The minimum absolute atomic E-state index is 0.236. The number of ether oxygens (including phenoxy) is 1. The van der Waals surface area contributed by atoms with Gasteiger partial charge in [0, 0.05) is 43.4 Å². The molecule has 27 heavy (non-hydrogen) atoms. The van der Waals surface area contributed by atoms with Gasteiger partial charge in [0.1, 0.15) is 17.3 Å². The number of thioether (sulfide) groups is 1. The van der Waals surface area contributed by atoms with Crippen molar-refractivity contribution >= 4 is 27.5 Å². The predicted molar refractivity (Wildman–Crippen MR) is 110 cm³/mol. The van der Waals surface area contributed by atoms with Crippen LogP contribution in [0.4, 0.5) is 5.69 Å². The lowest BCUT2D eigenvalue weighted by molar-refractivity contribution is 0.228. The molecule has 1 atom stereocenters. The van der Waals surface area contributed by atoms with E-state index >= 15 is 0 Å². The zero-order valence-electron chi connectivity index (χ0n) is 15.4. The summed E-state index contributed by atoms with van der Waals surface area (Å²) >= 11 is 1.95. The third-order valence-electron chi connectivity index (χ3n) is 5.22. The standard InChI is InChI=1S/C20H24N2O3S2/c1-21-18(13-16-5-3-2-4-6-16)15-25-19-14-17(22-9-11-26-12-10-22)7-8-20(19)27(21,23)24/h2-8,14,18H,9-13,15H2,1H3/t18-/m0/s1. The van der Waals surface area contributed by atoms with Crippen molar-refractivity contribution in [3.8, 4) is 5.75 Å². The highest BCUT2D eigenvalue weighted by Crippen LogP contribution is 2.35. The van der Waals surface area contributed by atoms with Crippen molar-refractivity contribution in [2.45, 2.75) is 17.4 Å². The van der Waals surface area contributed by atoms with E-state index in [9.17, 15) is 8.42 Å². The van der Waals surface area contributed by atoms with Crippen molar-refractivity contribution in [1.82, 2.24) is 4.31 Å². The zero-order valence-corrected chi connectivity index (χ0v) is 17.0. The first-order chi connectivity index (χ1) is 13.1. The summed E-state index contributed by atoms with van der Waals surface area (Å²) in [5, 5.41) is 0. The van der Waals surface area contributed by atoms with Crippen LogP contribution < -0.4 is 9.64 Å². The molecule has 0 aromatic heterocycles. The molecule has 2 aromatic carbocycles. The minimum Gasteiger partial charge on any atom is -0.490 e. The summed E-state index contributed by atoms with van der Waals surface area (Å²) in [5.41, 5.74) is 2.14. The second-order valence-electron chi connectivity index (χ2n) is 6.91. The Hall–Kier alpha value is -1.70. The Morgan fingerprint density at radius 1 is 1.11 bits per heavy atom. The lowest BCUT2D eigenvalue weighted by Crippen LogP contribution is -2.40. The quantitative estimate of drug-likeness (QED) is 0.787. The number of anilines is 1. The van der Waals surface area contributed by atoms with E-state index in [2.05, 4.69) is 4.90 Å². The average molecular weight is 405 g/mol. The van der Waals surface area contributed by atoms with Crippen LogP contribution in [0.15, 0.2) is 53.4 Å². The maximum absolute atomic E-state index is 13.1. The largest absolute Gasteiger partial charge is 0.490 e. The van der Waals surface area contributed by atoms with E-state index in [1.165, 1.54) is 4.31 Å². The summed E-state index contributed by atoms with van der Waals surface area (Å²) in [5.74, 6) is 2.66. The first kappa shape index (κ1) is 18.7. The molecular weight excluding hydrogens is 380 g/mol. The molecule has 0 bridgehead atoms. The molecule has 5 nitrogen and oxygen atoms in total. The van der Waals surface area contributed by atoms with Gasteiger partial charge in [0.15, 0.2) is 0 Å². The maximum Gasteiger partial charge on any atom is 0.246 e. The summed E-state index contributed by atoms with van der Waals surface area (Å²) in [6, 6.07) is 15.2. The predicted octanol–water partition coefficient (Wildman–Crippen LogP) is 2.86. The van der Waals surface area contributed by atoms with Crippen LogP contribution in [0.1, 0.15) is 5.56 Å². The van der Waals surface area contributed by atoms with E-state index in [1.54, 1.807) is 13.1 Å². The molecule has 2 aliphatic heterocycles. The minimum atomic E-state index is -3.59. The Kier molecular flexibility index (Phi) is 5.34. The lowest BCUT2D eigenvalue weighted by Gasteiger charge is -2.29. The molecule has 2 heterocycles. The molecule has 1 saturated heterocycles. The molecule has 1 fully saturated rings. The van der Waals surface area contributed by atoms with Gasteiger partial charge in [0.2, 0.25) is 10.0 Å². The third kappa shape index (κ3) is 3.81. The van der Waals surface area contributed by atoms with E-state index in [-0.39, 0.29) is 10.9 Å². The van der Waals surface area contributed by atoms with E-state index < -0.39 is 10.0 Å². The van der Waals surface area contributed by atoms with Crippen molar-refractivity contribution in [2.75, 3.05) is 43.1 Å². The fraction of sp³-hybridized carbons (Fsp3) is 0.400. The Morgan fingerprint density at radius 3 is 2.59 bits per heavy atom. The van der Waals surface area contributed by atoms with Crippen LogP contribution in [0.2, 0.25) is 0 Å². The molecule has 2 aliphatic rings. The monoisotopic (exact) mass is 404 g/mol. The van der Waals surface area contributed by atoms with Gasteiger partial charge in [-0.3, -0.25) is 0 Å². The second kappa shape index (κ2) is 7.73. The molecule has 0 spiro atoms. The van der Waals surface area contributed by atoms with E-state index in [0.717, 1.165) is 35.8 Å². The fourth-order valence-electron chi connectivity index (χ4n) is 3.56. The van der Waals surface area contributed by atoms with Crippen LogP contribution in [-0.4, -0.2) is 57.0 Å². The Labute approximate surface area is 165 Å². The van der Waals surface area contributed by atoms with Gasteiger partial charge >= 0.3 is 0 Å². The molecule has 0 unspecified atom stereocenters. The first-order valence-electron chi connectivity index (χ1n) is 9.17. The fourth-order valence-corrected chi connectivity index (χ4v) is 5.91. The smallest absolute Gasteiger partial charge is 0.246 e. The average Bonchev–Trinajstić information content (AvgIpc) is 2.79. The molecule has 0 amide bonds. The molecular formula is C20H24N2O3S2.